The molecule has 154 valence electrons. The van der Waals surface area contributed by atoms with Gasteiger partial charge in [0.15, 0.2) is 0 Å². The zero-order valence-electron chi connectivity index (χ0n) is 16.8. The highest BCUT2D eigenvalue weighted by Crippen LogP contribution is 2.28. The van der Waals surface area contributed by atoms with Crippen LogP contribution in [0.15, 0.2) is 47.3 Å². The molecule has 0 saturated carbocycles. The van der Waals surface area contributed by atoms with E-state index in [1.54, 1.807) is 35.2 Å². The molecule has 30 heavy (non-hydrogen) atoms. The number of carbonyl (C=O) groups is 2. The molecule has 0 bridgehead atoms. The highest BCUT2D eigenvalue weighted by molar-refractivity contribution is 6.30. The summed E-state index contributed by atoms with van der Waals surface area (Å²) in [6, 6.07) is 12.5. The number of benzene rings is 2. The minimum atomic E-state index is -0.452. The second-order valence-electron chi connectivity index (χ2n) is 7.54. The lowest BCUT2D eigenvalue weighted by atomic mass is 10.0. The van der Waals surface area contributed by atoms with Crippen LogP contribution in [0.25, 0.3) is 10.9 Å². The molecule has 2 heterocycles. The molecule has 6 nitrogen and oxygen atoms in total. The van der Waals surface area contributed by atoms with Crippen LogP contribution in [-0.4, -0.2) is 23.3 Å². The number of hydrogen-bond acceptors (Lipinski definition) is 3. The van der Waals surface area contributed by atoms with Gasteiger partial charge in [0.05, 0.1) is 11.4 Å². The molecule has 1 aliphatic heterocycles. The summed E-state index contributed by atoms with van der Waals surface area (Å²) in [5.74, 6) is -0.765. The van der Waals surface area contributed by atoms with Crippen LogP contribution in [0.1, 0.15) is 24.5 Å². The Hall–Kier alpha value is -3.12. The summed E-state index contributed by atoms with van der Waals surface area (Å²) in [4.78, 5) is 41.9. The second kappa shape index (κ2) is 7.95. The van der Waals surface area contributed by atoms with E-state index in [0.717, 1.165) is 22.2 Å². The maximum absolute atomic E-state index is 12.8. The van der Waals surface area contributed by atoms with Crippen molar-refractivity contribution in [1.82, 2.24) is 4.98 Å². The number of aromatic amines is 1. The van der Waals surface area contributed by atoms with Crippen LogP contribution in [-0.2, 0) is 16.0 Å². The van der Waals surface area contributed by atoms with Crippen molar-refractivity contribution in [2.45, 2.75) is 26.7 Å². The van der Waals surface area contributed by atoms with Crippen LogP contribution in [0.2, 0.25) is 5.02 Å². The Morgan fingerprint density at radius 2 is 1.93 bits per heavy atom. The zero-order valence-corrected chi connectivity index (χ0v) is 17.5. The fraction of sp³-hybridized carbons (Fsp3) is 0.261. The quantitative estimate of drug-likeness (QED) is 0.664. The number of hydrogen-bond donors (Lipinski definition) is 2. The molecule has 2 amide bonds. The largest absolute Gasteiger partial charge is 0.326 e. The molecule has 1 aliphatic rings. The molecule has 1 atom stereocenters. The molecule has 0 radical (unpaired) electrons. The Labute approximate surface area is 178 Å². The highest BCUT2D eigenvalue weighted by atomic mass is 35.5. The number of nitrogens with one attached hydrogen (secondary N) is 2. The standard InChI is InChI=1S/C23H22ClN3O3/c1-3-18-13(2)19-9-6-16(11-20(19)26-23(18)30)25-22(29)14-10-21(28)27(12-14)17-7-4-15(24)5-8-17/h4-9,11,14H,3,10,12H2,1-2H3,(H,25,29)(H,26,30). The highest BCUT2D eigenvalue weighted by Gasteiger charge is 2.35. The van der Waals surface area contributed by atoms with Crippen molar-refractivity contribution in [1.29, 1.82) is 0 Å². The first-order valence-corrected chi connectivity index (χ1v) is 10.3. The fourth-order valence-electron chi connectivity index (χ4n) is 4.01. The number of aromatic nitrogens is 1. The molecular weight excluding hydrogens is 402 g/mol. The number of pyridine rings is 1. The van der Waals surface area contributed by atoms with Gasteiger partial charge < -0.3 is 15.2 Å². The molecule has 2 N–H and O–H groups in total. The van der Waals surface area contributed by atoms with E-state index in [-0.39, 0.29) is 23.8 Å². The lowest BCUT2D eigenvalue weighted by Gasteiger charge is -2.17. The number of fused-ring (bicyclic) bond motifs is 1. The van der Waals surface area contributed by atoms with Gasteiger partial charge >= 0.3 is 0 Å². The third kappa shape index (κ3) is 3.71. The van der Waals surface area contributed by atoms with E-state index in [1.165, 1.54) is 0 Å². The van der Waals surface area contributed by atoms with Crippen molar-refractivity contribution >= 4 is 45.7 Å². The van der Waals surface area contributed by atoms with Crippen LogP contribution in [0.5, 0.6) is 0 Å². The number of H-pyrrole nitrogens is 1. The van der Waals surface area contributed by atoms with Gasteiger partial charge in [0.25, 0.3) is 5.56 Å². The van der Waals surface area contributed by atoms with Crippen LogP contribution < -0.4 is 15.8 Å². The zero-order chi connectivity index (χ0) is 21.4. The van der Waals surface area contributed by atoms with Crippen molar-refractivity contribution < 1.29 is 9.59 Å². The van der Waals surface area contributed by atoms with Crippen LogP contribution >= 0.6 is 11.6 Å². The molecule has 0 aliphatic carbocycles. The number of nitrogens with zero attached hydrogens (tertiary/aromatic N) is 1. The van der Waals surface area contributed by atoms with Gasteiger partial charge in [-0.05, 0) is 55.3 Å². The predicted octanol–water partition coefficient (Wildman–Crippen LogP) is 4.04. The first kappa shape index (κ1) is 20.2. The molecular formula is C23H22ClN3O3. The van der Waals surface area contributed by atoms with Gasteiger partial charge in [-0.2, -0.15) is 0 Å². The predicted molar refractivity (Wildman–Crippen MR) is 119 cm³/mol. The lowest BCUT2D eigenvalue weighted by Crippen LogP contribution is -2.28. The Balaban J connectivity index is 1.52. The van der Waals surface area contributed by atoms with Gasteiger partial charge in [-0.15, -0.1) is 0 Å². The number of rotatable bonds is 4. The summed E-state index contributed by atoms with van der Waals surface area (Å²) in [6.07, 6.45) is 0.813. The molecule has 4 rings (SSSR count). The second-order valence-corrected chi connectivity index (χ2v) is 7.98. The summed E-state index contributed by atoms with van der Waals surface area (Å²) >= 11 is 5.91. The number of aryl methyl sites for hydroxylation is 1. The molecule has 1 unspecified atom stereocenters. The third-order valence-electron chi connectivity index (χ3n) is 5.65. The SMILES string of the molecule is CCc1c(C)c2ccc(NC(=O)C3CC(=O)N(c4ccc(Cl)cc4)C3)cc2[nH]c1=O. The normalized spacial score (nSPS) is 16.3. The average molecular weight is 424 g/mol. The van der Waals surface area contributed by atoms with Gasteiger partial charge in [0, 0.05) is 40.3 Å². The summed E-state index contributed by atoms with van der Waals surface area (Å²) in [7, 11) is 0. The van der Waals surface area contributed by atoms with Gasteiger partial charge in [-0.25, -0.2) is 0 Å². The molecule has 0 spiro atoms. The van der Waals surface area contributed by atoms with Crippen molar-refractivity contribution in [2.24, 2.45) is 5.92 Å². The maximum atomic E-state index is 12.8. The first-order valence-electron chi connectivity index (χ1n) is 9.89. The molecule has 2 aromatic carbocycles. The number of halogens is 1. The Morgan fingerprint density at radius 1 is 1.20 bits per heavy atom. The first-order chi connectivity index (χ1) is 14.4. The van der Waals surface area contributed by atoms with Gasteiger partial charge in [-0.1, -0.05) is 24.6 Å². The van der Waals surface area contributed by atoms with Crippen molar-refractivity contribution in [3.8, 4) is 0 Å². The van der Waals surface area contributed by atoms with Crippen molar-refractivity contribution in [3.63, 3.8) is 0 Å². The summed E-state index contributed by atoms with van der Waals surface area (Å²) < 4.78 is 0. The molecule has 3 aromatic rings. The minimum Gasteiger partial charge on any atom is -0.326 e. The number of carbonyl (C=O) groups excluding carboxylic acids is 2. The monoisotopic (exact) mass is 423 g/mol. The van der Waals surface area contributed by atoms with E-state index in [0.29, 0.717) is 29.2 Å². The Kier molecular flexibility index (Phi) is 5.35. The van der Waals surface area contributed by atoms with Crippen LogP contribution in [0, 0.1) is 12.8 Å². The summed E-state index contributed by atoms with van der Waals surface area (Å²) in [5.41, 5.74) is 3.61. The minimum absolute atomic E-state index is 0.0944. The average Bonchev–Trinajstić information content (AvgIpc) is 3.10. The van der Waals surface area contributed by atoms with Crippen molar-refractivity contribution in [3.05, 3.63) is 69.0 Å². The van der Waals surface area contributed by atoms with Crippen LogP contribution in [0.3, 0.4) is 0 Å². The van der Waals surface area contributed by atoms with Gasteiger partial charge in [-0.3, -0.25) is 14.4 Å². The molecule has 7 heteroatoms. The Bertz CT molecular complexity index is 1200. The van der Waals surface area contributed by atoms with E-state index >= 15 is 0 Å². The van der Waals surface area contributed by atoms with Gasteiger partial charge in [0.1, 0.15) is 0 Å². The molecule has 1 aromatic heterocycles. The van der Waals surface area contributed by atoms with E-state index in [9.17, 15) is 14.4 Å². The van der Waals surface area contributed by atoms with Crippen LogP contribution in [0.4, 0.5) is 11.4 Å². The summed E-state index contributed by atoms with van der Waals surface area (Å²) in [6.45, 7) is 4.20. The lowest BCUT2D eigenvalue weighted by molar-refractivity contribution is -0.122. The number of anilines is 2. The van der Waals surface area contributed by atoms with E-state index in [2.05, 4.69) is 10.3 Å². The fourth-order valence-corrected chi connectivity index (χ4v) is 4.13. The maximum Gasteiger partial charge on any atom is 0.251 e. The number of amides is 2. The van der Waals surface area contributed by atoms with E-state index in [4.69, 9.17) is 11.6 Å². The van der Waals surface area contributed by atoms with E-state index < -0.39 is 5.92 Å². The smallest absolute Gasteiger partial charge is 0.251 e. The third-order valence-corrected chi connectivity index (χ3v) is 5.91. The topological polar surface area (TPSA) is 82.3 Å². The van der Waals surface area contributed by atoms with Crippen molar-refractivity contribution in [2.75, 3.05) is 16.8 Å². The Morgan fingerprint density at radius 3 is 2.63 bits per heavy atom. The molecule has 1 saturated heterocycles. The molecule has 1 fully saturated rings. The van der Waals surface area contributed by atoms with E-state index in [1.807, 2.05) is 26.0 Å². The van der Waals surface area contributed by atoms with Gasteiger partial charge in [0.2, 0.25) is 11.8 Å². The summed E-state index contributed by atoms with van der Waals surface area (Å²) in [5, 5.41) is 4.43.